The van der Waals surface area contributed by atoms with Gasteiger partial charge in [-0.15, -0.1) is 11.3 Å². The fraction of sp³-hybridized carbons (Fsp3) is 0. The van der Waals surface area contributed by atoms with Crippen molar-refractivity contribution in [2.24, 2.45) is 0 Å². The van der Waals surface area contributed by atoms with Gasteiger partial charge in [0.2, 0.25) is 0 Å². The topological polar surface area (TPSA) is 74.8 Å². The lowest BCUT2D eigenvalue weighted by Gasteiger charge is -2.12. The van der Waals surface area contributed by atoms with Crippen LogP contribution in [0, 0.1) is 0 Å². The van der Waals surface area contributed by atoms with E-state index in [4.69, 9.17) is 23.8 Å². The number of para-hydroxylation sites is 4. The molecule has 0 fully saturated rings. The van der Waals surface area contributed by atoms with Crippen LogP contribution in [0.4, 0.5) is 0 Å². The van der Waals surface area contributed by atoms with E-state index in [1.165, 1.54) is 53.6 Å². The summed E-state index contributed by atoms with van der Waals surface area (Å²) < 4.78 is 20.4. The van der Waals surface area contributed by atoms with Gasteiger partial charge in [-0.1, -0.05) is 146 Å². The number of benzene rings is 11. The van der Waals surface area contributed by atoms with E-state index in [1.807, 2.05) is 30.3 Å². The third-order valence-electron chi connectivity index (χ3n) is 15.6. The van der Waals surface area contributed by atoms with E-state index in [-0.39, 0.29) is 0 Å². The standard InChI is InChI=1S/C69H39N5O2S/c1-3-15-43(16-4-1)73-56-25-10-7-19-45(56)49-33-34-50-54-37-40(30-35-57(54)74(65(50)64(49)73)44-17-5-2-6-18-44)41-31-36-59-55(38-41)63-52(23-14-27-60(63)75-59)68-70-67(42-29-32-47-46-20-8-11-26-58(46)76-61(47)39-42)71-69(72-68)53-24-13-22-51-48-21-9-12-28-62(48)77-66(51)53/h1-39H. The summed E-state index contributed by atoms with van der Waals surface area (Å²) in [6, 6.07) is 83.9. The second-order valence-electron chi connectivity index (χ2n) is 19.8. The summed E-state index contributed by atoms with van der Waals surface area (Å²) in [5, 5.41) is 11.2. The number of hydrogen-bond acceptors (Lipinski definition) is 6. The smallest absolute Gasteiger partial charge is 0.165 e. The molecule has 358 valence electrons. The Hall–Kier alpha value is -10.2. The van der Waals surface area contributed by atoms with Gasteiger partial charge in [-0.05, 0) is 102 Å². The van der Waals surface area contributed by atoms with Crippen LogP contribution in [-0.2, 0) is 0 Å². The number of hydrogen-bond donors (Lipinski definition) is 0. The SMILES string of the molecule is c1ccc(-n2c3ccccc3c3ccc4c5cc(-c6ccc7oc8cccc(-c9nc(-c%10ccc%11c(c%10)oc%10ccccc%10%11)nc(-c%10cccc%11c%10sc%10ccccc%10%11)n9)c8c7c6)ccc5n(-c5ccccc5)c4c32)cc1. The first-order valence-electron chi connectivity index (χ1n) is 25.8. The fourth-order valence-corrected chi connectivity index (χ4v) is 13.4. The van der Waals surface area contributed by atoms with Crippen LogP contribution in [-0.4, -0.2) is 24.1 Å². The van der Waals surface area contributed by atoms with E-state index in [9.17, 15) is 0 Å². The predicted molar refractivity (Wildman–Crippen MR) is 318 cm³/mol. The molecule has 0 spiro atoms. The molecule has 0 saturated heterocycles. The van der Waals surface area contributed by atoms with Crippen molar-refractivity contribution in [2.45, 2.75) is 0 Å². The Bertz CT molecular complexity index is 5290. The molecule has 17 rings (SSSR count). The average molecular weight is 1000 g/mol. The molecule has 11 aromatic carbocycles. The van der Waals surface area contributed by atoms with Crippen LogP contribution in [0.25, 0.3) is 164 Å². The molecule has 0 aliphatic carbocycles. The minimum absolute atomic E-state index is 0.556. The molecule has 0 unspecified atom stereocenters. The lowest BCUT2D eigenvalue weighted by Crippen LogP contribution is -2.00. The first kappa shape index (κ1) is 42.2. The molecular weight excluding hydrogens is 963 g/mol. The van der Waals surface area contributed by atoms with Crippen molar-refractivity contribution in [3.05, 3.63) is 237 Å². The maximum absolute atomic E-state index is 6.71. The number of rotatable bonds is 6. The monoisotopic (exact) mass is 1000 g/mol. The quantitative estimate of drug-likeness (QED) is 0.166. The van der Waals surface area contributed by atoms with Gasteiger partial charge >= 0.3 is 0 Å². The van der Waals surface area contributed by atoms with Crippen molar-refractivity contribution in [1.82, 2.24) is 24.1 Å². The van der Waals surface area contributed by atoms with Gasteiger partial charge in [0.05, 0.1) is 22.1 Å². The van der Waals surface area contributed by atoms with Crippen LogP contribution in [0.5, 0.6) is 0 Å². The summed E-state index contributed by atoms with van der Waals surface area (Å²) in [6.07, 6.45) is 0. The number of aromatic nitrogens is 5. The second kappa shape index (κ2) is 16.2. The van der Waals surface area contributed by atoms with Crippen LogP contribution in [0.3, 0.4) is 0 Å². The molecule has 0 saturated carbocycles. The molecule has 7 nitrogen and oxygen atoms in total. The van der Waals surface area contributed by atoms with E-state index >= 15 is 0 Å². The van der Waals surface area contributed by atoms with E-state index in [0.29, 0.717) is 17.5 Å². The molecule has 0 amide bonds. The van der Waals surface area contributed by atoms with Gasteiger partial charge in [-0.2, -0.15) is 0 Å². The summed E-state index contributed by atoms with van der Waals surface area (Å²) in [6.45, 7) is 0. The van der Waals surface area contributed by atoms with Gasteiger partial charge in [0.25, 0.3) is 0 Å². The van der Waals surface area contributed by atoms with Crippen LogP contribution < -0.4 is 0 Å². The molecule has 0 radical (unpaired) electrons. The van der Waals surface area contributed by atoms with Gasteiger partial charge in [0.1, 0.15) is 22.3 Å². The zero-order valence-electron chi connectivity index (χ0n) is 41.0. The van der Waals surface area contributed by atoms with E-state index in [1.54, 1.807) is 11.3 Å². The maximum Gasteiger partial charge on any atom is 0.165 e. The summed E-state index contributed by atoms with van der Waals surface area (Å²) in [7, 11) is 0. The minimum Gasteiger partial charge on any atom is -0.456 e. The Morgan fingerprint density at radius 1 is 0.312 bits per heavy atom. The highest BCUT2D eigenvalue weighted by atomic mass is 32.1. The van der Waals surface area contributed by atoms with E-state index in [0.717, 1.165) is 93.3 Å². The lowest BCUT2D eigenvalue weighted by molar-refractivity contribution is 0.668. The summed E-state index contributed by atoms with van der Waals surface area (Å²) in [4.78, 5) is 16.0. The van der Waals surface area contributed by atoms with Crippen LogP contribution in [0.15, 0.2) is 245 Å². The van der Waals surface area contributed by atoms with Crippen molar-refractivity contribution < 1.29 is 8.83 Å². The molecule has 0 aliphatic rings. The number of furan rings is 2. The zero-order chi connectivity index (χ0) is 50.3. The van der Waals surface area contributed by atoms with Crippen LogP contribution >= 0.6 is 11.3 Å². The summed E-state index contributed by atoms with van der Waals surface area (Å²) in [5.41, 5.74) is 14.9. The molecule has 0 aliphatic heterocycles. The van der Waals surface area contributed by atoms with Crippen molar-refractivity contribution in [3.8, 4) is 56.7 Å². The van der Waals surface area contributed by atoms with Crippen molar-refractivity contribution in [3.63, 3.8) is 0 Å². The maximum atomic E-state index is 6.71. The van der Waals surface area contributed by atoms with Crippen molar-refractivity contribution >= 4 is 119 Å². The molecule has 77 heavy (non-hydrogen) atoms. The number of fused-ring (bicyclic) bond motifs is 16. The Kier molecular flexibility index (Phi) is 8.87. The second-order valence-corrected chi connectivity index (χ2v) is 20.9. The molecular formula is C69H39N5O2S. The lowest BCUT2D eigenvalue weighted by atomic mass is 9.99. The van der Waals surface area contributed by atoms with Gasteiger partial charge in [0, 0.05) is 91.3 Å². The Morgan fingerprint density at radius 3 is 1.65 bits per heavy atom. The molecule has 0 N–H and O–H groups in total. The molecule has 0 bridgehead atoms. The normalized spacial score (nSPS) is 12.2. The third-order valence-corrected chi connectivity index (χ3v) is 16.8. The van der Waals surface area contributed by atoms with Gasteiger partial charge < -0.3 is 18.0 Å². The molecule has 6 aromatic heterocycles. The Morgan fingerprint density at radius 2 is 0.844 bits per heavy atom. The van der Waals surface area contributed by atoms with Crippen molar-refractivity contribution in [1.29, 1.82) is 0 Å². The zero-order valence-corrected chi connectivity index (χ0v) is 41.8. The summed E-state index contributed by atoms with van der Waals surface area (Å²) in [5.74, 6) is 1.71. The minimum atomic E-state index is 0.556. The highest BCUT2D eigenvalue weighted by Gasteiger charge is 2.24. The first-order valence-corrected chi connectivity index (χ1v) is 26.6. The molecule has 0 atom stereocenters. The predicted octanol–water partition coefficient (Wildman–Crippen LogP) is 18.9. The largest absolute Gasteiger partial charge is 0.456 e. The van der Waals surface area contributed by atoms with E-state index < -0.39 is 0 Å². The van der Waals surface area contributed by atoms with Gasteiger partial charge in [0.15, 0.2) is 17.5 Å². The molecule has 17 aromatic rings. The van der Waals surface area contributed by atoms with Crippen LogP contribution in [0.2, 0.25) is 0 Å². The highest BCUT2D eigenvalue weighted by Crippen LogP contribution is 2.45. The average Bonchev–Trinajstić information content (AvgIpc) is 4.43. The Labute approximate surface area is 442 Å². The fourth-order valence-electron chi connectivity index (χ4n) is 12.1. The van der Waals surface area contributed by atoms with Crippen LogP contribution in [0.1, 0.15) is 0 Å². The third kappa shape index (κ3) is 6.27. The molecule has 6 heterocycles. The highest BCUT2D eigenvalue weighted by molar-refractivity contribution is 7.26. The van der Waals surface area contributed by atoms with Crippen molar-refractivity contribution in [2.75, 3.05) is 0 Å². The van der Waals surface area contributed by atoms with E-state index in [2.05, 4.69) is 215 Å². The van der Waals surface area contributed by atoms with Gasteiger partial charge in [-0.3, -0.25) is 0 Å². The molecule has 8 heteroatoms. The first-order chi connectivity index (χ1) is 38.2. The Balaban J connectivity index is 0.873. The summed E-state index contributed by atoms with van der Waals surface area (Å²) >= 11 is 1.76. The van der Waals surface area contributed by atoms with Gasteiger partial charge in [-0.25, -0.2) is 15.0 Å². The number of thiophene rings is 1. The number of nitrogens with zero attached hydrogens (tertiary/aromatic N) is 5.